The number of rotatable bonds is 10. The molecule has 0 spiro atoms. The fourth-order valence-electron chi connectivity index (χ4n) is 7.44. The van der Waals surface area contributed by atoms with Crippen molar-refractivity contribution in [3.63, 3.8) is 0 Å². The minimum absolute atomic E-state index is 0. The van der Waals surface area contributed by atoms with Gasteiger partial charge in [0.25, 0.3) is 0 Å². The second-order valence-electron chi connectivity index (χ2n) is 14.9. The number of hydroxylamine groups is 2. The van der Waals surface area contributed by atoms with E-state index in [1.807, 2.05) is 4.57 Å². The number of hydrogen-bond acceptors (Lipinski definition) is 16. The van der Waals surface area contributed by atoms with E-state index in [0.29, 0.717) is 63.1 Å². The van der Waals surface area contributed by atoms with Gasteiger partial charge in [-0.1, -0.05) is 0 Å². The molecule has 27 heteroatoms. The standard InChI is InChI=1S/C20H22BFN3O6.C18H20FN3O5.C2HF3O2.K.H2O/c1-29-19-16-13(18(27)14(20(28)30-2)10-24(16)12-3-4-12)9-15(22)17(19)23-5-6-25(21-11-26)31-8-7-23;1-26-17-14-11(8-13(19)15(17)21-5-4-20-27-7-6-21)16(23)12(18(24)25)9-22(14)10-2-3-10;3-2(4,5)1(6)7;;/h9-12H,3-8H2,1-2H3;8-10,20H,2-7H2,1H3,(H,24,25);(H,6,7);;1H2/q;;;+1;/p-1. The molecule has 0 amide bonds. The van der Waals surface area contributed by atoms with Crippen LogP contribution in [0.3, 0.4) is 0 Å². The summed E-state index contributed by atoms with van der Waals surface area (Å²) >= 11 is 0. The number of hydrogen-bond donors (Lipinski definition) is 3. The molecule has 2 aliphatic carbocycles. The molecule has 0 atom stereocenters. The van der Waals surface area contributed by atoms with Gasteiger partial charge in [-0.25, -0.2) is 33.6 Å². The van der Waals surface area contributed by atoms with Gasteiger partial charge < -0.3 is 58.5 Å². The Balaban J connectivity index is 0.000000251. The van der Waals surface area contributed by atoms with Crippen LogP contribution in [0.25, 0.3) is 21.8 Å². The smallest absolute Gasteiger partial charge is 0.870 e. The SMILES string of the molecule is COC(=O)c1cn(C2CC2)c2c(OC)c(N3CCON([B]C=O)CC3)c(F)cc2c1=O.COc1c(N2CCNOCC2)c(F)cc2c(=O)c(C(=O)O)cn(C3CC3)c12.O=C(O)C(F)(F)F.[K+].[OH-]. The van der Waals surface area contributed by atoms with E-state index in [-0.39, 0.29) is 120 Å². The first-order valence-corrected chi connectivity index (χ1v) is 20.0. The molecule has 2 saturated heterocycles. The number of carboxylic acids is 2. The van der Waals surface area contributed by atoms with Crippen molar-refractivity contribution >= 4 is 64.7 Å². The van der Waals surface area contributed by atoms with E-state index in [1.165, 1.54) is 46.1 Å². The summed E-state index contributed by atoms with van der Waals surface area (Å²) in [6.45, 7) is 3.14. The first-order valence-electron chi connectivity index (χ1n) is 20.0. The van der Waals surface area contributed by atoms with Gasteiger partial charge in [0.05, 0.1) is 62.5 Å². The normalized spacial score (nSPS) is 16.4. The number of benzene rings is 2. The van der Waals surface area contributed by atoms with Crippen LogP contribution in [0.1, 0.15) is 58.5 Å². The molecule has 4 fully saturated rings. The summed E-state index contributed by atoms with van der Waals surface area (Å²) in [5, 5.41) is 16.6. The fraction of sp³-hybridized carbons (Fsp3) is 0.450. The van der Waals surface area contributed by atoms with Crippen LogP contribution < -0.4 is 87.0 Å². The molecule has 2 aliphatic heterocycles. The number of nitrogens with zero attached hydrogens (tertiary/aromatic N) is 5. The van der Waals surface area contributed by atoms with Crippen LogP contribution in [-0.2, 0) is 24.0 Å². The Bertz CT molecular complexity index is 2610. The maximum atomic E-state index is 15.4. The zero-order valence-corrected chi connectivity index (χ0v) is 39.7. The number of fused-ring (bicyclic) bond motifs is 2. The van der Waals surface area contributed by atoms with Crippen LogP contribution in [0, 0.1) is 11.6 Å². The summed E-state index contributed by atoms with van der Waals surface area (Å²) in [5.41, 5.74) is 2.32. The number of alkyl halides is 3. The van der Waals surface area contributed by atoms with Crippen LogP contribution in [0.5, 0.6) is 11.5 Å². The van der Waals surface area contributed by atoms with Gasteiger partial charge in [0.1, 0.15) is 22.5 Å². The van der Waals surface area contributed by atoms with Crippen molar-refractivity contribution in [3.05, 3.63) is 67.7 Å². The van der Waals surface area contributed by atoms with Crippen molar-refractivity contribution in [2.45, 2.75) is 43.9 Å². The molecule has 2 aromatic carbocycles. The molecule has 0 bridgehead atoms. The molecule has 4 aromatic rings. The molecule has 20 nitrogen and oxygen atoms in total. The third-order valence-electron chi connectivity index (χ3n) is 10.7. The molecule has 4 N–H and O–H groups in total. The number of nitrogens with one attached hydrogen (secondary N) is 1. The number of halogens is 5. The van der Waals surface area contributed by atoms with Crippen molar-refractivity contribution in [1.29, 1.82) is 0 Å². The molecule has 4 aliphatic rings. The minimum Gasteiger partial charge on any atom is -0.870 e. The summed E-state index contributed by atoms with van der Waals surface area (Å²) < 4.78 is 81.7. The Kier molecular flexibility index (Phi) is 19.3. The van der Waals surface area contributed by atoms with Gasteiger partial charge in [-0.2, -0.15) is 13.2 Å². The number of anilines is 2. The third kappa shape index (κ3) is 12.3. The number of aromatic nitrogens is 2. The molecule has 2 saturated carbocycles. The van der Waals surface area contributed by atoms with Gasteiger partial charge >= 0.3 is 82.9 Å². The topological polar surface area (TPSA) is 251 Å². The van der Waals surface area contributed by atoms with Crippen LogP contribution in [0.15, 0.2) is 34.1 Å². The van der Waals surface area contributed by atoms with Crippen molar-refractivity contribution < 1.29 is 132 Å². The van der Waals surface area contributed by atoms with E-state index in [9.17, 15) is 42.3 Å². The fourth-order valence-corrected chi connectivity index (χ4v) is 7.44. The van der Waals surface area contributed by atoms with Crippen LogP contribution >= 0.6 is 0 Å². The van der Waals surface area contributed by atoms with E-state index < -0.39 is 46.6 Å². The molecule has 4 heterocycles. The molecular formula is C40H44BF5KN6O14. The Morgan fingerprint density at radius 3 is 1.72 bits per heavy atom. The second-order valence-corrected chi connectivity index (χ2v) is 14.9. The van der Waals surface area contributed by atoms with Crippen molar-refractivity contribution in [1.82, 2.24) is 19.6 Å². The largest absolute Gasteiger partial charge is 1.00 e. The Morgan fingerprint density at radius 1 is 0.791 bits per heavy atom. The van der Waals surface area contributed by atoms with E-state index in [1.54, 1.807) is 14.4 Å². The monoisotopic (exact) mass is 977 g/mol. The van der Waals surface area contributed by atoms with E-state index in [0.717, 1.165) is 37.8 Å². The van der Waals surface area contributed by atoms with Crippen molar-refractivity contribution in [2.75, 3.05) is 83.6 Å². The van der Waals surface area contributed by atoms with Crippen LogP contribution in [0.4, 0.5) is 33.3 Å². The first kappa shape index (κ1) is 54.9. The number of aromatic carboxylic acids is 1. The first-order chi connectivity index (χ1) is 31.0. The van der Waals surface area contributed by atoms with Crippen LogP contribution in [0.2, 0.25) is 0 Å². The Hall–Kier alpha value is -4.71. The molecule has 0 unspecified atom stereocenters. The number of methoxy groups -OCH3 is 3. The van der Waals surface area contributed by atoms with Gasteiger partial charge in [-0.05, 0) is 37.8 Å². The molecular weight excluding hydrogens is 933 g/mol. The number of pyridine rings is 2. The molecule has 357 valence electrons. The number of carbonyl (C=O) groups is 4. The average Bonchev–Trinajstić information content (AvgIpc) is 4.16. The van der Waals surface area contributed by atoms with Crippen molar-refractivity contribution in [3.8, 4) is 11.5 Å². The van der Waals surface area contributed by atoms with E-state index in [4.69, 9.17) is 33.8 Å². The van der Waals surface area contributed by atoms with Gasteiger partial charge in [0.2, 0.25) is 10.9 Å². The minimum atomic E-state index is -5.08. The summed E-state index contributed by atoms with van der Waals surface area (Å²) in [7, 11) is 5.33. The zero-order valence-electron chi connectivity index (χ0n) is 36.6. The van der Waals surface area contributed by atoms with Gasteiger partial charge in [-0.15, -0.1) is 0 Å². The summed E-state index contributed by atoms with van der Waals surface area (Å²) in [6, 6.07) is 2.44. The Morgan fingerprint density at radius 2 is 1.27 bits per heavy atom. The average molecular weight is 978 g/mol. The molecule has 2 aromatic heterocycles. The maximum Gasteiger partial charge on any atom is 1.00 e. The van der Waals surface area contributed by atoms with Crippen molar-refractivity contribution in [2.24, 2.45) is 0 Å². The zero-order chi connectivity index (χ0) is 47.3. The van der Waals surface area contributed by atoms with Crippen LogP contribution in [-0.4, -0.2) is 141 Å². The van der Waals surface area contributed by atoms with Gasteiger partial charge in [0, 0.05) is 63.7 Å². The molecule has 8 rings (SSSR count). The quantitative estimate of drug-likeness (QED) is 0.0826. The van der Waals surface area contributed by atoms with Gasteiger partial charge in [-0.3, -0.25) is 14.4 Å². The number of ether oxygens (including phenoxy) is 3. The number of carbonyl (C=O) groups excluding carboxylic acids is 2. The van der Waals surface area contributed by atoms with Gasteiger partial charge in [0.15, 0.2) is 23.1 Å². The number of aliphatic carboxylic acids is 1. The summed E-state index contributed by atoms with van der Waals surface area (Å²) in [6.07, 6.45) is 1.86. The maximum absolute atomic E-state index is 15.4. The molecule has 67 heavy (non-hydrogen) atoms. The predicted molar refractivity (Wildman–Crippen MR) is 223 cm³/mol. The Labute approximate surface area is 420 Å². The number of esters is 1. The second kappa shape index (κ2) is 23.5. The predicted octanol–water partition coefficient (Wildman–Crippen LogP) is 0.118. The third-order valence-corrected chi connectivity index (χ3v) is 10.7. The van der Waals surface area contributed by atoms with E-state index in [2.05, 4.69) is 5.48 Å². The summed E-state index contributed by atoms with van der Waals surface area (Å²) in [5.74, 6) is -5.64. The van der Waals surface area contributed by atoms with E-state index >= 15 is 8.78 Å². The summed E-state index contributed by atoms with van der Waals surface area (Å²) in [4.78, 5) is 84.6. The number of carboxylic acid groups (broad SMARTS) is 2. The molecule has 1 radical (unpaired) electrons.